The van der Waals surface area contributed by atoms with Gasteiger partial charge in [-0.25, -0.2) is 0 Å². The third-order valence-electron chi connectivity index (χ3n) is 13.4. The van der Waals surface area contributed by atoms with E-state index in [0.717, 1.165) is 45.1 Å². The van der Waals surface area contributed by atoms with Crippen molar-refractivity contribution in [1.82, 2.24) is 5.32 Å². The number of carbonyl (C=O) groups excluding carboxylic acids is 1. The first kappa shape index (κ1) is 27.4. The van der Waals surface area contributed by atoms with Crippen molar-refractivity contribution in [1.29, 1.82) is 10.5 Å². The van der Waals surface area contributed by atoms with Gasteiger partial charge in [-0.2, -0.15) is 10.5 Å². The van der Waals surface area contributed by atoms with Crippen LogP contribution < -0.4 is 5.32 Å². The first-order valence-electron chi connectivity index (χ1n) is 15.2. The quantitative estimate of drug-likeness (QED) is 0.182. The molecule has 1 spiro atoms. The molecule has 1 heterocycles. The van der Waals surface area contributed by atoms with Gasteiger partial charge in [0, 0.05) is 22.8 Å². The number of fused-ring (bicyclic) bond motifs is 5. The summed E-state index contributed by atoms with van der Waals surface area (Å²) in [6, 6.07) is 2.26. The number of nitrogens with one attached hydrogen (secondary N) is 1. The molecule has 6 rings (SSSR count). The van der Waals surface area contributed by atoms with Crippen LogP contribution in [0.5, 0.6) is 0 Å². The minimum absolute atomic E-state index is 0.00423. The zero-order valence-electron chi connectivity index (χ0n) is 25.7. The van der Waals surface area contributed by atoms with Gasteiger partial charge in [0.1, 0.15) is 17.4 Å². The maximum atomic E-state index is 13.3. The van der Waals surface area contributed by atoms with E-state index in [1.807, 2.05) is 19.2 Å². The zero-order chi connectivity index (χ0) is 29.1. The van der Waals surface area contributed by atoms with E-state index in [-0.39, 0.29) is 44.3 Å². The molecule has 1 N–H and O–H groups in total. The summed E-state index contributed by atoms with van der Waals surface area (Å²) < 4.78 is 0. The molecule has 0 bridgehead atoms. The van der Waals surface area contributed by atoms with Gasteiger partial charge in [-0.05, 0) is 86.0 Å². The lowest BCUT2D eigenvalue weighted by atomic mass is 9.33. The number of ketones is 1. The number of hydrogen-bond donors (Lipinski definition) is 1. The third kappa shape index (κ3) is 3.12. The SMILES string of the molecule is CC(=NCC12CCC(C)(C)CC1C13N=C1C=C1C(C)(CC[C@H]4C(C)(C)C(=O)C(C#N)=C[C@]14C)[C@]3(C)CC2)NC#N. The summed E-state index contributed by atoms with van der Waals surface area (Å²) in [6.45, 7) is 18.9. The maximum absolute atomic E-state index is 13.3. The van der Waals surface area contributed by atoms with E-state index >= 15 is 0 Å². The fourth-order valence-electron chi connectivity index (χ4n) is 10.8. The molecule has 6 aliphatic rings. The van der Waals surface area contributed by atoms with Crippen LogP contribution in [0, 0.1) is 67.1 Å². The Bertz CT molecular complexity index is 1420. The number of Topliss-reactive ketones (excluding diaryl/α,β-unsaturated/α-hetero) is 1. The molecule has 3 saturated carbocycles. The fourth-order valence-corrected chi connectivity index (χ4v) is 10.8. The normalized spacial score (nSPS) is 45.9. The zero-order valence-corrected chi connectivity index (χ0v) is 25.7. The van der Waals surface area contributed by atoms with Crippen LogP contribution in [0.4, 0.5) is 0 Å². The number of rotatable bonds is 2. The number of aliphatic imine (C=N–C) groups is 2. The molecule has 7 atom stereocenters. The summed E-state index contributed by atoms with van der Waals surface area (Å²) in [5, 5.41) is 21.8. The highest BCUT2D eigenvalue weighted by Crippen LogP contribution is 2.79. The van der Waals surface area contributed by atoms with E-state index in [1.165, 1.54) is 17.7 Å². The number of allylic oxidation sites excluding steroid dienone is 3. The van der Waals surface area contributed by atoms with Gasteiger partial charge >= 0.3 is 0 Å². The van der Waals surface area contributed by atoms with Crippen LogP contribution >= 0.6 is 0 Å². The predicted octanol–water partition coefficient (Wildman–Crippen LogP) is 6.70. The molecule has 0 radical (unpaired) electrons. The monoisotopic (exact) mass is 539 g/mol. The molecule has 0 aromatic heterocycles. The van der Waals surface area contributed by atoms with Gasteiger partial charge in [0.05, 0.1) is 11.3 Å². The summed E-state index contributed by atoms with van der Waals surface area (Å²) >= 11 is 0. The van der Waals surface area contributed by atoms with E-state index < -0.39 is 5.41 Å². The Morgan fingerprint density at radius 3 is 2.42 bits per heavy atom. The molecular weight excluding hydrogens is 494 g/mol. The average molecular weight is 540 g/mol. The maximum Gasteiger partial charge on any atom is 0.182 e. The largest absolute Gasteiger partial charge is 0.293 e. The van der Waals surface area contributed by atoms with Crippen molar-refractivity contribution in [3.8, 4) is 12.3 Å². The van der Waals surface area contributed by atoms with Crippen LogP contribution in [0.1, 0.15) is 100 Å². The summed E-state index contributed by atoms with van der Waals surface area (Å²) in [5.74, 6) is 1.27. The van der Waals surface area contributed by atoms with Gasteiger partial charge < -0.3 is 0 Å². The highest BCUT2D eigenvalue weighted by atomic mass is 16.1. The molecule has 40 heavy (non-hydrogen) atoms. The number of carbonyl (C=O) groups is 1. The van der Waals surface area contributed by atoms with Crippen molar-refractivity contribution in [2.75, 3.05) is 6.54 Å². The first-order valence-corrected chi connectivity index (χ1v) is 15.2. The lowest BCUT2D eigenvalue weighted by Crippen LogP contribution is -2.68. The molecule has 6 heteroatoms. The summed E-state index contributed by atoms with van der Waals surface area (Å²) in [7, 11) is 0. The number of nitriles is 2. The Kier molecular flexibility index (Phi) is 5.46. The van der Waals surface area contributed by atoms with Crippen molar-refractivity contribution in [3.05, 3.63) is 23.3 Å². The predicted molar refractivity (Wildman–Crippen MR) is 157 cm³/mol. The van der Waals surface area contributed by atoms with Crippen molar-refractivity contribution in [3.63, 3.8) is 0 Å². The van der Waals surface area contributed by atoms with Crippen LogP contribution in [0.15, 0.2) is 33.3 Å². The summed E-state index contributed by atoms with van der Waals surface area (Å²) in [6.07, 6.45) is 14.2. The second kappa shape index (κ2) is 7.96. The number of nitrogens with zero attached hydrogens (tertiary/aromatic N) is 4. The Morgan fingerprint density at radius 1 is 1.05 bits per heavy atom. The molecule has 212 valence electrons. The Labute approximate surface area is 240 Å². The molecule has 0 aromatic rings. The fraction of sp³-hybridized carbons (Fsp3) is 0.735. The molecular formula is C34H45N5O. The first-order chi connectivity index (χ1) is 18.6. The van der Waals surface area contributed by atoms with E-state index in [4.69, 9.17) is 15.2 Å². The average Bonchev–Trinajstić information content (AvgIpc) is 3.62. The highest BCUT2D eigenvalue weighted by molar-refractivity contribution is 6.16. The standard InChI is InChI=1S/C34H45N5O/c1-21(38-20-36)37-19-33-13-11-28(2,3)17-25(33)34-26(39-34)15-24-30(6)16-22(18-35)27(40)29(4,5)23(30)9-10-31(24,7)32(34,8)12-14-33/h15-16,23,25H,9-14,17,19H2,1-8H3,(H,37,38)/t23-,25?,30-,31?,32-,33?,34?/m0/s1. The summed E-state index contributed by atoms with van der Waals surface area (Å²) in [5.41, 5.74) is 2.08. The van der Waals surface area contributed by atoms with E-state index in [1.54, 1.807) is 0 Å². The highest BCUT2D eigenvalue weighted by Gasteiger charge is 2.79. The van der Waals surface area contributed by atoms with Crippen LogP contribution in [0.2, 0.25) is 0 Å². The lowest BCUT2D eigenvalue weighted by molar-refractivity contribution is -0.139. The minimum Gasteiger partial charge on any atom is -0.293 e. The number of amidine groups is 1. The lowest BCUT2D eigenvalue weighted by Gasteiger charge is -2.69. The third-order valence-corrected chi connectivity index (χ3v) is 13.4. The van der Waals surface area contributed by atoms with Gasteiger partial charge in [-0.15, -0.1) is 0 Å². The van der Waals surface area contributed by atoms with Crippen molar-refractivity contribution >= 4 is 17.3 Å². The van der Waals surface area contributed by atoms with E-state index in [9.17, 15) is 10.1 Å². The minimum atomic E-state index is -0.569. The van der Waals surface area contributed by atoms with Gasteiger partial charge in [0.25, 0.3) is 0 Å². The van der Waals surface area contributed by atoms with Crippen molar-refractivity contribution in [2.24, 2.45) is 54.3 Å². The molecule has 6 nitrogen and oxygen atoms in total. The molecule has 3 fully saturated rings. The molecule has 4 unspecified atom stereocenters. The molecule has 0 aromatic carbocycles. The molecule has 5 aliphatic carbocycles. The Morgan fingerprint density at radius 2 is 1.75 bits per heavy atom. The summed E-state index contributed by atoms with van der Waals surface area (Å²) in [4.78, 5) is 23.8. The van der Waals surface area contributed by atoms with Crippen LogP contribution in [-0.4, -0.2) is 29.4 Å². The second-order valence-corrected chi connectivity index (χ2v) is 16.0. The number of hydrogen-bond acceptors (Lipinski definition) is 5. The molecule has 0 saturated heterocycles. The van der Waals surface area contributed by atoms with Gasteiger partial charge in [-0.3, -0.25) is 20.1 Å². The van der Waals surface area contributed by atoms with Gasteiger partial charge in [-0.1, -0.05) is 60.1 Å². The van der Waals surface area contributed by atoms with E-state index in [0.29, 0.717) is 17.3 Å². The molecule has 1 aliphatic heterocycles. The van der Waals surface area contributed by atoms with Crippen LogP contribution in [0.3, 0.4) is 0 Å². The second-order valence-electron chi connectivity index (χ2n) is 16.0. The van der Waals surface area contributed by atoms with Crippen molar-refractivity contribution < 1.29 is 4.79 Å². The smallest absolute Gasteiger partial charge is 0.182 e. The Balaban J connectivity index is 1.49. The van der Waals surface area contributed by atoms with Crippen LogP contribution in [-0.2, 0) is 4.79 Å². The van der Waals surface area contributed by atoms with Crippen LogP contribution in [0.25, 0.3) is 0 Å². The Hall–Kier alpha value is -2.73. The van der Waals surface area contributed by atoms with Gasteiger partial charge in [0.2, 0.25) is 0 Å². The topological polar surface area (TPSA) is 101 Å². The molecule has 0 amide bonds. The van der Waals surface area contributed by atoms with Crippen molar-refractivity contribution in [2.45, 2.75) is 106 Å². The van der Waals surface area contributed by atoms with Gasteiger partial charge in [0.15, 0.2) is 12.0 Å². The van der Waals surface area contributed by atoms with E-state index in [2.05, 4.69) is 65.9 Å².